The first kappa shape index (κ1) is 10.7. The summed E-state index contributed by atoms with van der Waals surface area (Å²) in [6.07, 6.45) is -4.51. The van der Waals surface area contributed by atoms with E-state index in [4.69, 9.17) is 0 Å². The molecule has 0 bridgehead atoms. The van der Waals surface area contributed by atoms with Crippen LogP contribution in [0.5, 0.6) is 0 Å². The van der Waals surface area contributed by atoms with Crippen LogP contribution in [0.1, 0.15) is 6.92 Å². The molecule has 1 rings (SSSR count). The second-order valence-corrected chi connectivity index (χ2v) is 2.65. The van der Waals surface area contributed by atoms with Crippen molar-refractivity contribution in [3.8, 4) is 0 Å². The largest absolute Gasteiger partial charge is 0.429 e. The van der Waals surface area contributed by atoms with Gasteiger partial charge in [0, 0.05) is 0 Å². The maximum atomic E-state index is 12.9. The summed E-state index contributed by atoms with van der Waals surface area (Å²) in [5.41, 5.74) is -1.37. The number of para-hydroxylation sites is 1. The molecule has 0 aliphatic carbocycles. The van der Waals surface area contributed by atoms with E-state index < -0.39 is 17.7 Å². The standard InChI is InChI=1S/C9H7F4N/c1-6(9(11,12)13)14-8-5-3-2-4-7(8)10/h2-5H,1H3. The van der Waals surface area contributed by atoms with Crippen LogP contribution in [-0.4, -0.2) is 11.9 Å². The average Bonchev–Trinajstić information content (AvgIpc) is 2.07. The van der Waals surface area contributed by atoms with E-state index in [1.807, 2.05) is 0 Å². The van der Waals surface area contributed by atoms with Gasteiger partial charge in [0.15, 0.2) is 0 Å². The van der Waals surface area contributed by atoms with Crippen molar-refractivity contribution in [1.82, 2.24) is 0 Å². The van der Waals surface area contributed by atoms with Crippen LogP contribution in [0.15, 0.2) is 29.3 Å². The molecular weight excluding hydrogens is 198 g/mol. The summed E-state index contributed by atoms with van der Waals surface area (Å²) in [7, 11) is 0. The van der Waals surface area contributed by atoms with Crippen LogP contribution < -0.4 is 0 Å². The van der Waals surface area contributed by atoms with Crippen LogP contribution in [-0.2, 0) is 0 Å². The van der Waals surface area contributed by atoms with E-state index in [2.05, 4.69) is 4.99 Å². The maximum absolute atomic E-state index is 12.9. The zero-order valence-corrected chi connectivity index (χ0v) is 7.27. The highest BCUT2D eigenvalue weighted by atomic mass is 19.4. The molecular formula is C9H7F4N. The second-order valence-electron chi connectivity index (χ2n) is 2.65. The van der Waals surface area contributed by atoms with Gasteiger partial charge in [0.2, 0.25) is 0 Å². The minimum absolute atomic E-state index is 0.303. The number of halogens is 4. The minimum atomic E-state index is -4.51. The second kappa shape index (κ2) is 3.77. The van der Waals surface area contributed by atoms with E-state index in [0.717, 1.165) is 13.0 Å². The fourth-order valence-corrected chi connectivity index (χ4v) is 0.786. The van der Waals surface area contributed by atoms with Crippen molar-refractivity contribution >= 4 is 11.4 Å². The molecule has 0 aromatic heterocycles. The maximum Gasteiger partial charge on any atom is 0.429 e. The number of rotatable bonds is 1. The fraction of sp³-hybridized carbons (Fsp3) is 0.222. The zero-order valence-electron chi connectivity index (χ0n) is 7.27. The predicted octanol–water partition coefficient (Wildman–Crippen LogP) is 3.48. The molecule has 1 aromatic rings. The Bertz CT molecular complexity index is 354. The Morgan fingerprint density at radius 2 is 1.79 bits per heavy atom. The molecule has 1 nitrogen and oxygen atoms in total. The number of hydrogen-bond donors (Lipinski definition) is 0. The number of nitrogens with zero attached hydrogens (tertiary/aromatic N) is 1. The number of benzene rings is 1. The smallest absolute Gasteiger partial charge is 0.246 e. The average molecular weight is 205 g/mol. The van der Waals surface area contributed by atoms with Crippen molar-refractivity contribution in [3.05, 3.63) is 30.1 Å². The van der Waals surface area contributed by atoms with Crippen molar-refractivity contribution in [2.45, 2.75) is 13.1 Å². The molecule has 76 valence electrons. The molecule has 0 N–H and O–H groups in total. The van der Waals surface area contributed by atoms with Crippen molar-refractivity contribution in [2.75, 3.05) is 0 Å². The number of aliphatic imine (C=N–C) groups is 1. The third kappa shape index (κ3) is 2.55. The van der Waals surface area contributed by atoms with Crippen molar-refractivity contribution < 1.29 is 17.6 Å². The molecule has 0 aliphatic rings. The van der Waals surface area contributed by atoms with Gasteiger partial charge in [-0.15, -0.1) is 0 Å². The van der Waals surface area contributed by atoms with E-state index in [1.165, 1.54) is 18.2 Å². The molecule has 1 aromatic carbocycles. The van der Waals surface area contributed by atoms with Gasteiger partial charge in [-0.3, -0.25) is 0 Å². The van der Waals surface area contributed by atoms with E-state index in [-0.39, 0.29) is 5.69 Å². The molecule has 0 heterocycles. The van der Waals surface area contributed by atoms with Gasteiger partial charge >= 0.3 is 6.18 Å². The Morgan fingerprint density at radius 1 is 1.21 bits per heavy atom. The highest BCUT2D eigenvalue weighted by Gasteiger charge is 2.32. The van der Waals surface area contributed by atoms with Crippen LogP contribution in [0.25, 0.3) is 0 Å². The Kier molecular flexibility index (Phi) is 2.88. The molecule has 0 amide bonds. The summed E-state index contributed by atoms with van der Waals surface area (Å²) in [6.45, 7) is 0.798. The topological polar surface area (TPSA) is 12.4 Å². The third-order valence-electron chi connectivity index (χ3n) is 1.55. The lowest BCUT2D eigenvalue weighted by atomic mass is 10.3. The molecule has 0 aliphatic heterocycles. The highest BCUT2D eigenvalue weighted by molar-refractivity contribution is 5.89. The number of hydrogen-bond acceptors (Lipinski definition) is 1. The van der Waals surface area contributed by atoms with Crippen LogP contribution in [0.4, 0.5) is 23.2 Å². The van der Waals surface area contributed by atoms with Crippen LogP contribution in [0.3, 0.4) is 0 Å². The fourth-order valence-electron chi connectivity index (χ4n) is 0.786. The van der Waals surface area contributed by atoms with Gasteiger partial charge in [0.05, 0.1) is 5.69 Å². The minimum Gasteiger partial charge on any atom is -0.246 e. The molecule has 0 unspecified atom stereocenters. The lowest BCUT2D eigenvalue weighted by molar-refractivity contribution is -0.0591. The van der Waals surface area contributed by atoms with Gasteiger partial charge in [0.25, 0.3) is 0 Å². The first-order chi connectivity index (χ1) is 6.41. The monoisotopic (exact) mass is 205 g/mol. The lowest BCUT2D eigenvalue weighted by Gasteiger charge is -2.05. The van der Waals surface area contributed by atoms with Gasteiger partial charge in [0.1, 0.15) is 11.5 Å². The summed E-state index contributed by atoms with van der Waals surface area (Å²) in [6, 6.07) is 5.05. The van der Waals surface area contributed by atoms with Gasteiger partial charge in [-0.25, -0.2) is 9.38 Å². The Balaban J connectivity index is 3.04. The third-order valence-corrected chi connectivity index (χ3v) is 1.55. The van der Waals surface area contributed by atoms with E-state index in [1.54, 1.807) is 0 Å². The van der Waals surface area contributed by atoms with Crippen LogP contribution in [0, 0.1) is 5.82 Å². The van der Waals surface area contributed by atoms with Gasteiger partial charge in [-0.05, 0) is 19.1 Å². The molecule has 0 fully saturated rings. The lowest BCUT2D eigenvalue weighted by Crippen LogP contribution is -2.18. The first-order valence-electron chi connectivity index (χ1n) is 3.78. The molecule has 14 heavy (non-hydrogen) atoms. The highest BCUT2D eigenvalue weighted by Crippen LogP contribution is 2.22. The molecule has 0 saturated carbocycles. The molecule has 0 spiro atoms. The molecule has 0 saturated heterocycles. The van der Waals surface area contributed by atoms with Crippen LogP contribution in [0.2, 0.25) is 0 Å². The van der Waals surface area contributed by atoms with E-state index in [0.29, 0.717) is 0 Å². The summed E-state index contributed by atoms with van der Waals surface area (Å²) in [5, 5.41) is 0. The summed E-state index contributed by atoms with van der Waals surface area (Å²) in [4.78, 5) is 3.15. The van der Waals surface area contributed by atoms with Crippen molar-refractivity contribution in [1.29, 1.82) is 0 Å². The Morgan fingerprint density at radius 3 is 2.29 bits per heavy atom. The summed E-state index contributed by atoms with van der Waals surface area (Å²) < 4.78 is 48.9. The molecule has 0 radical (unpaired) electrons. The molecule has 5 heteroatoms. The number of alkyl halides is 3. The van der Waals surface area contributed by atoms with Gasteiger partial charge in [-0.1, -0.05) is 12.1 Å². The van der Waals surface area contributed by atoms with Crippen LogP contribution >= 0.6 is 0 Å². The van der Waals surface area contributed by atoms with Gasteiger partial charge in [-0.2, -0.15) is 13.2 Å². The van der Waals surface area contributed by atoms with Crippen molar-refractivity contribution in [2.24, 2.45) is 4.99 Å². The zero-order chi connectivity index (χ0) is 10.8. The Hall–Kier alpha value is -1.39. The van der Waals surface area contributed by atoms with Crippen molar-refractivity contribution in [3.63, 3.8) is 0 Å². The Labute approximate surface area is 78.1 Å². The summed E-state index contributed by atoms with van der Waals surface area (Å²) in [5.74, 6) is -0.768. The molecule has 0 atom stereocenters. The first-order valence-corrected chi connectivity index (χ1v) is 3.78. The van der Waals surface area contributed by atoms with E-state index >= 15 is 0 Å². The van der Waals surface area contributed by atoms with E-state index in [9.17, 15) is 17.6 Å². The quantitative estimate of drug-likeness (QED) is 0.491. The summed E-state index contributed by atoms with van der Waals surface area (Å²) >= 11 is 0. The normalized spacial score (nSPS) is 13.1. The SMILES string of the molecule is CC(=Nc1ccccc1F)C(F)(F)F. The van der Waals surface area contributed by atoms with Gasteiger partial charge < -0.3 is 0 Å². The predicted molar refractivity (Wildman–Crippen MR) is 45.2 cm³/mol.